The van der Waals surface area contributed by atoms with Gasteiger partial charge in [0, 0.05) is 11.1 Å². The Kier molecular flexibility index (Phi) is 6.98. The molecule has 0 radical (unpaired) electrons. The molecule has 0 aliphatic heterocycles. The van der Waals surface area contributed by atoms with Crippen molar-refractivity contribution in [1.82, 2.24) is 4.98 Å². The summed E-state index contributed by atoms with van der Waals surface area (Å²) >= 11 is 0. The molecule has 7 rings (SSSR count). The number of hydrogen-bond donors (Lipinski definition) is 0. The highest BCUT2D eigenvalue weighted by Crippen LogP contribution is 2.34. The van der Waals surface area contributed by atoms with Gasteiger partial charge in [-0.2, -0.15) is 0 Å². The Balaban J connectivity index is 1.35. The molecule has 198 valence electrons. The molecular formula is C41H29N. The van der Waals surface area contributed by atoms with Crippen LogP contribution in [-0.4, -0.2) is 4.98 Å². The van der Waals surface area contributed by atoms with Crippen LogP contribution in [0, 0.1) is 0 Å². The summed E-state index contributed by atoms with van der Waals surface area (Å²) in [5, 5.41) is 0. The Bertz CT molecular complexity index is 1840. The number of hydrogen-bond acceptors (Lipinski definition) is 1. The third-order valence-corrected chi connectivity index (χ3v) is 7.68. The lowest BCUT2D eigenvalue weighted by Gasteiger charge is -2.13. The maximum Gasteiger partial charge on any atom is 0.0715 e. The minimum absolute atomic E-state index is 0.956. The van der Waals surface area contributed by atoms with Crippen LogP contribution in [0.3, 0.4) is 0 Å². The number of nitrogens with zero attached hydrogens (tertiary/aromatic N) is 1. The van der Waals surface area contributed by atoms with Gasteiger partial charge in [-0.05, 0) is 68.8 Å². The van der Waals surface area contributed by atoms with Crippen LogP contribution in [0.15, 0.2) is 176 Å². The lowest BCUT2D eigenvalue weighted by molar-refractivity contribution is 1.32. The van der Waals surface area contributed by atoms with Gasteiger partial charge in [-0.3, -0.25) is 0 Å². The summed E-state index contributed by atoms with van der Waals surface area (Å²) < 4.78 is 0. The second-order valence-electron chi connectivity index (χ2n) is 10.5. The smallest absolute Gasteiger partial charge is 0.0715 e. The molecule has 0 amide bonds. The van der Waals surface area contributed by atoms with Crippen molar-refractivity contribution in [3.05, 3.63) is 176 Å². The van der Waals surface area contributed by atoms with E-state index in [-0.39, 0.29) is 0 Å². The summed E-state index contributed by atoms with van der Waals surface area (Å²) in [5.74, 6) is 0. The number of aromatic nitrogens is 1. The van der Waals surface area contributed by atoms with E-state index in [2.05, 4.69) is 176 Å². The highest BCUT2D eigenvalue weighted by molar-refractivity contribution is 5.81. The van der Waals surface area contributed by atoms with Gasteiger partial charge in [-0.25, -0.2) is 4.98 Å². The van der Waals surface area contributed by atoms with Crippen LogP contribution in [0.4, 0.5) is 0 Å². The number of rotatable bonds is 6. The number of benzene rings is 6. The highest BCUT2D eigenvalue weighted by Gasteiger charge is 2.11. The average Bonchev–Trinajstić information content (AvgIpc) is 3.09. The molecule has 0 unspecified atom stereocenters. The quantitative estimate of drug-likeness (QED) is 0.206. The van der Waals surface area contributed by atoms with Gasteiger partial charge >= 0.3 is 0 Å². The normalized spacial score (nSPS) is 10.9. The van der Waals surface area contributed by atoms with Gasteiger partial charge in [-0.1, -0.05) is 152 Å². The van der Waals surface area contributed by atoms with E-state index in [1.807, 2.05) is 0 Å². The van der Waals surface area contributed by atoms with Gasteiger partial charge in [0.05, 0.1) is 11.4 Å². The highest BCUT2D eigenvalue weighted by atomic mass is 14.7. The third-order valence-electron chi connectivity index (χ3n) is 7.68. The largest absolute Gasteiger partial charge is 0.248 e. The van der Waals surface area contributed by atoms with Gasteiger partial charge in [0.25, 0.3) is 0 Å². The third kappa shape index (κ3) is 5.41. The Morgan fingerprint density at radius 2 is 0.524 bits per heavy atom. The van der Waals surface area contributed by atoms with Crippen LogP contribution < -0.4 is 0 Å². The minimum Gasteiger partial charge on any atom is -0.248 e. The fourth-order valence-electron chi connectivity index (χ4n) is 5.46. The van der Waals surface area contributed by atoms with E-state index in [0.29, 0.717) is 0 Å². The first kappa shape index (κ1) is 25.4. The fraction of sp³-hybridized carbons (Fsp3) is 0. The fourth-order valence-corrected chi connectivity index (χ4v) is 5.46. The zero-order valence-electron chi connectivity index (χ0n) is 23.2. The molecule has 0 N–H and O–H groups in total. The second kappa shape index (κ2) is 11.5. The lowest BCUT2D eigenvalue weighted by Crippen LogP contribution is -1.92. The predicted octanol–water partition coefficient (Wildman–Crippen LogP) is 11.1. The van der Waals surface area contributed by atoms with Gasteiger partial charge in [0.15, 0.2) is 0 Å². The lowest BCUT2D eigenvalue weighted by atomic mass is 9.96. The molecule has 1 nitrogen and oxygen atoms in total. The first-order chi connectivity index (χ1) is 20.8. The van der Waals surface area contributed by atoms with E-state index >= 15 is 0 Å². The molecule has 42 heavy (non-hydrogen) atoms. The maximum atomic E-state index is 5.23. The first-order valence-corrected chi connectivity index (χ1v) is 14.3. The monoisotopic (exact) mass is 535 g/mol. The zero-order chi connectivity index (χ0) is 28.1. The molecule has 1 heteroatoms. The average molecular weight is 536 g/mol. The van der Waals surface area contributed by atoms with Crippen molar-refractivity contribution >= 4 is 0 Å². The van der Waals surface area contributed by atoms with Crippen molar-refractivity contribution in [2.24, 2.45) is 0 Å². The molecule has 0 bridgehead atoms. The van der Waals surface area contributed by atoms with Crippen molar-refractivity contribution in [2.75, 3.05) is 0 Å². The van der Waals surface area contributed by atoms with Crippen LogP contribution in [0.2, 0.25) is 0 Å². The molecule has 7 aromatic rings. The van der Waals surface area contributed by atoms with Crippen LogP contribution in [-0.2, 0) is 0 Å². The van der Waals surface area contributed by atoms with Gasteiger partial charge in [0.1, 0.15) is 0 Å². The summed E-state index contributed by atoms with van der Waals surface area (Å²) in [4.78, 5) is 5.23. The maximum absolute atomic E-state index is 5.23. The number of pyridine rings is 1. The summed E-state index contributed by atoms with van der Waals surface area (Å²) in [6.07, 6.45) is 0. The van der Waals surface area contributed by atoms with Crippen molar-refractivity contribution in [3.63, 3.8) is 0 Å². The topological polar surface area (TPSA) is 12.9 Å². The molecule has 1 aromatic heterocycles. The minimum atomic E-state index is 0.956. The predicted molar refractivity (Wildman–Crippen MR) is 177 cm³/mol. The molecule has 1 heterocycles. The van der Waals surface area contributed by atoms with Gasteiger partial charge in [-0.15, -0.1) is 0 Å². The Morgan fingerprint density at radius 3 is 0.952 bits per heavy atom. The zero-order valence-corrected chi connectivity index (χ0v) is 23.2. The Labute approximate surface area is 247 Å². The van der Waals surface area contributed by atoms with Gasteiger partial charge in [0.2, 0.25) is 0 Å². The summed E-state index contributed by atoms with van der Waals surface area (Å²) in [6.45, 7) is 0. The van der Waals surface area contributed by atoms with Crippen molar-refractivity contribution in [3.8, 4) is 67.0 Å². The van der Waals surface area contributed by atoms with Crippen molar-refractivity contribution in [1.29, 1.82) is 0 Å². The van der Waals surface area contributed by atoms with Crippen LogP contribution >= 0.6 is 0 Å². The standard InChI is InChI=1S/C41H29N/c1-4-12-30(13-5-1)33-22-24-34(25-23-33)39-28-40(37-20-10-18-35(26-37)31-14-6-2-7-15-31)42-41(29-39)38-21-11-19-36(27-38)32-16-8-3-9-17-32/h1-29H. The van der Waals surface area contributed by atoms with Gasteiger partial charge < -0.3 is 0 Å². The van der Waals surface area contributed by atoms with Crippen LogP contribution in [0.1, 0.15) is 0 Å². The molecule has 6 aromatic carbocycles. The van der Waals surface area contributed by atoms with Crippen LogP contribution in [0.25, 0.3) is 67.0 Å². The van der Waals surface area contributed by atoms with E-state index in [0.717, 1.165) is 33.6 Å². The molecule has 0 spiro atoms. The van der Waals surface area contributed by atoms with E-state index in [1.165, 1.54) is 33.4 Å². The van der Waals surface area contributed by atoms with Crippen molar-refractivity contribution < 1.29 is 0 Å². The first-order valence-electron chi connectivity index (χ1n) is 14.3. The SMILES string of the molecule is c1ccc(-c2ccc(-c3cc(-c4cccc(-c5ccccc5)c4)nc(-c4cccc(-c5ccccc5)c4)c3)cc2)cc1. The molecule has 0 saturated heterocycles. The Hall–Kier alpha value is -5.53. The van der Waals surface area contributed by atoms with E-state index in [4.69, 9.17) is 4.98 Å². The van der Waals surface area contributed by atoms with Crippen LogP contribution in [0.5, 0.6) is 0 Å². The Morgan fingerprint density at radius 1 is 0.214 bits per heavy atom. The molecule has 0 atom stereocenters. The summed E-state index contributed by atoms with van der Waals surface area (Å²) in [6, 6.07) is 62.2. The molecule has 0 aliphatic rings. The molecular weight excluding hydrogens is 506 g/mol. The van der Waals surface area contributed by atoms with E-state index < -0.39 is 0 Å². The summed E-state index contributed by atoms with van der Waals surface area (Å²) in [5.41, 5.74) is 13.6. The second-order valence-corrected chi connectivity index (χ2v) is 10.5. The molecule has 0 fully saturated rings. The molecule has 0 aliphatic carbocycles. The molecule has 0 saturated carbocycles. The van der Waals surface area contributed by atoms with E-state index in [9.17, 15) is 0 Å². The van der Waals surface area contributed by atoms with Crippen molar-refractivity contribution in [2.45, 2.75) is 0 Å². The van der Waals surface area contributed by atoms with E-state index in [1.54, 1.807) is 0 Å². The summed E-state index contributed by atoms with van der Waals surface area (Å²) in [7, 11) is 0.